The van der Waals surface area contributed by atoms with Crippen molar-refractivity contribution < 1.29 is 9.84 Å². The first-order chi connectivity index (χ1) is 7.85. The van der Waals surface area contributed by atoms with Gasteiger partial charge >= 0.3 is 0 Å². The van der Waals surface area contributed by atoms with Crippen molar-refractivity contribution in [3.63, 3.8) is 0 Å². The van der Waals surface area contributed by atoms with Crippen LogP contribution in [-0.2, 0) is 4.74 Å². The summed E-state index contributed by atoms with van der Waals surface area (Å²) in [7, 11) is 0. The van der Waals surface area contributed by atoms with Gasteiger partial charge in [0.1, 0.15) is 0 Å². The summed E-state index contributed by atoms with van der Waals surface area (Å²) in [5, 5.41) is 12.8. The van der Waals surface area contributed by atoms with E-state index in [1.54, 1.807) is 0 Å². The summed E-state index contributed by atoms with van der Waals surface area (Å²) in [5.74, 6) is 0.948. The Morgan fingerprint density at radius 2 is 1.94 bits per heavy atom. The van der Waals surface area contributed by atoms with Gasteiger partial charge in [-0.05, 0) is 18.9 Å². The summed E-state index contributed by atoms with van der Waals surface area (Å²) in [5.41, 5.74) is 0.0343. The number of rotatable bonds is 6. The molecule has 0 aromatic carbocycles. The SMILES string of the molecule is OCC1(CNCCC2CCCCC2)COC1. The number of ether oxygens (including phenoxy) is 1. The van der Waals surface area contributed by atoms with Crippen LogP contribution in [0.15, 0.2) is 0 Å². The van der Waals surface area contributed by atoms with Gasteiger partial charge in [0.15, 0.2) is 0 Å². The molecule has 0 atom stereocenters. The molecule has 94 valence electrons. The van der Waals surface area contributed by atoms with E-state index in [1.165, 1.54) is 38.5 Å². The molecule has 2 aliphatic rings. The molecule has 1 aliphatic heterocycles. The molecule has 3 nitrogen and oxygen atoms in total. The largest absolute Gasteiger partial charge is 0.396 e. The van der Waals surface area contributed by atoms with Gasteiger partial charge in [-0.2, -0.15) is 0 Å². The first-order valence-electron chi connectivity index (χ1n) is 6.74. The molecular formula is C13H25NO2. The molecule has 1 saturated carbocycles. The topological polar surface area (TPSA) is 41.5 Å². The normalized spacial score (nSPS) is 25.3. The monoisotopic (exact) mass is 227 g/mol. The molecule has 0 aromatic heterocycles. The molecule has 0 aromatic rings. The molecular weight excluding hydrogens is 202 g/mol. The number of hydrogen-bond acceptors (Lipinski definition) is 3. The Morgan fingerprint density at radius 1 is 1.19 bits per heavy atom. The minimum atomic E-state index is 0.0343. The van der Waals surface area contributed by atoms with Crippen molar-refractivity contribution in [2.45, 2.75) is 38.5 Å². The Hall–Kier alpha value is -0.120. The summed E-state index contributed by atoms with van der Waals surface area (Å²) in [4.78, 5) is 0. The van der Waals surface area contributed by atoms with E-state index >= 15 is 0 Å². The van der Waals surface area contributed by atoms with Gasteiger partial charge in [-0.15, -0.1) is 0 Å². The van der Waals surface area contributed by atoms with Crippen LogP contribution in [0, 0.1) is 11.3 Å². The van der Waals surface area contributed by atoms with Gasteiger partial charge in [0.25, 0.3) is 0 Å². The fraction of sp³-hybridized carbons (Fsp3) is 1.00. The zero-order valence-electron chi connectivity index (χ0n) is 10.2. The van der Waals surface area contributed by atoms with Crippen molar-refractivity contribution in [1.82, 2.24) is 5.32 Å². The van der Waals surface area contributed by atoms with Crippen LogP contribution < -0.4 is 5.32 Å². The van der Waals surface area contributed by atoms with Gasteiger partial charge in [-0.25, -0.2) is 0 Å². The van der Waals surface area contributed by atoms with Crippen molar-refractivity contribution in [1.29, 1.82) is 0 Å². The van der Waals surface area contributed by atoms with E-state index in [-0.39, 0.29) is 12.0 Å². The first kappa shape index (κ1) is 12.3. The third-order valence-corrected chi connectivity index (χ3v) is 4.11. The maximum absolute atomic E-state index is 9.26. The van der Waals surface area contributed by atoms with Gasteiger partial charge in [0.2, 0.25) is 0 Å². The van der Waals surface area contributed by atoms with Crippen LogP contribution in [0.25, 0.3) is 0 Å². The Labute approximate surface area is 98.6 Å². The minimum absolute atomic E-state index is 0.0343. The lowest BCUT2D eigenvalue weighted by Crippen LogP contribution is -2.52. The highest BCUT2D eigenvalue weighted by atomic mass is 16.5. The van der Waals surface area contributed by atoms with Crippen molar-refractivity contribution in [2.75, 3.05) is 32.9 Å². The second-order valence-electron chi connectivity index (χ2n) is 5.62. The summed E-state index contributed by atoms with van der Waals surface area (Å²) in [6, 6.07) is 0. The van der Waals surface area contributed by atoms with E-state index in [0.717, 1.165) is 32.2 Å². The summed E-state index contributed by atoms with van der Waals surface area (Å²) in [6.45, 7) is 3.71. The molecule has 3 heteroatoms. The molecule has 1 saturated heterocycles. The van der Waals surface area contributed by atoms with Gasteiger partial charge in [-0.3, -0.25) is 0 Å². The number of nitrogens with one attached hydrogen (secondary N) is 1. The Bertz CT molecular complexity index is 193. The fourth-order valence-electron chi connectivity index (χ4n) is 2.78. The van der Waals surface area contributed by atoms with Crippen LogP contribution in [0.3, 0.4) is 0 Å². The van der Waals surface area contributed by atoms with E-state index in [2.05, 4.69) is 5.32 Å². The molecule has 2 N–H and O–H groups in total. The standard InChI is InChI=1S/C13H25NO2/c15-9-13(10-16-11-13)8-14-7-6-12-4-2-1-3-5-12/h12,14-15H,1-11H2. The molecule has 0 amide bonds. The van der Waals surface area contributed by atoms with Crippen LogP contribution in [0.2, 0.25) is 0 Å². The fourth-order valence-corrected chi connectivity index (χ4v) is 2.78. The molecule has 0 radical (unpaired) electrons. The zero-order chi connectivity index (χ0) is 11.3. The molecule has 1 heterocycles. The maximum atomic E-state index is 9.26. The quantitative estimate of drug-likeness (QED) is 0.677. The first-order valence-corrected chi connectivity index (χ1v) is 6.74. The van der Waals surface area contributed by atoms with Gasteiger partial charge in [0.05, 0.1) is 25.2 Å². The van der Waals surface area contributed by atoms with Crippen LogP contribution >= 0.6 is 0 Å². The maximum Gasteiger partial charge on any atom is 0.0579 e. The zero-order valence-corrected chi connectivity index (χ0v) is 10.2. The lowest BCUT2D eigenvalue weighted by molar-refractivity contribution is -0.134. The van der Waals surface area contributed by atoms with E-state index in [9.17, 15) is 5.11 Å². The molecule has 0 unspecified atom stereocenters. The molecule has 1 aliphatic carbocycles. The second-order valence-corrected chi connectivity index (χ2v) is 5.62. The van der Waals surface area contributed by atoms with Gasteiger partial charge in [-0.1, -0.05) is 32.1 Å². The highest BCUT2D eigenvalue weighted by Crippen LogP contribution is 2.27. The van der Waals surface area contributed by atoms with Crippen molar-refractivity contribution in [3.8, 4) is 0 Å². The summed E-state index contributed by atoms with van der Waals surface area (Å²) >= 11 is 0. The van der Waals surface area contributed by atoms with E-state index in [0.29, 0.717) is 0 Å². The van der Waals surface area contributed by atoms with Gasteiger partial charge < -0.3 is 15.2 Å². The highest BCUT2D eigenvalue weighted by Gasteiger charge is 2.37. The van der Waals surface area contributed by atoms with Crippen LogP contribution in [-0.4, -0.2) is 38.0 Å². The molecule has 16 heavy (non-hydrogen) atoms. The van der Waals surface area contributed by atoms with Crippen LogP contribution in [0.1, 0.15) is 38.5 Å². The summed E-state index contributed by atoms with van der Waals surface area (Å²) in [6.07, 6.45) is 8.46. The smallest absolute Gasteiger partial charge is 0.0579 e. The van der Waals surface area contributed by atoms with E-state index < -0.39 is 0 Å². The Kier molecular flexibility index (Phi) is 4.62. The van der Waals surface area contributed by atoms with Crippen LogP contribution in [0.4, 0.5) is 0 Å². The number of aliphatic hydroxyl groups excluding tert-OH is 1. The average Bonchev–Trinajstić information content (AvgIpc) is 2.29. The van der Waals surface area contributed by atoms with Crippen molar-refractivity contribution in [3.05, 3.63) is 0 Å². The molecule has 0 bridgehead atoms. The molecule has 2 fully saturated rings. The van der Waals surface area contributed by atoms with Crippen molar-refractivity contribution >= 4 is 0 Å². The third kappa shape index (κ3) is 3.19. The Balaban J connectivity index is 1.54. The van der Waals surface area contributed by atoms with Crippen molar-refractivity contribution in [2.24, 2.45) is 11.3 Å². The second kappa shape index (κ2) is 5.99. The Morgan fingerprint density at radius 3 is 2.50 bits per heavy atom. The number of aliphatic hydroxyl groups is 1. The average molecular weight is 227 g/mol. The lowest BCUT2D eigenvalue weighted by Gasteiger charge is -2.40. The minimum Gasteiger partial charge on any atom is -0.396 e. The predicted molar refractivity (Wildman–Crippen MR) is 64.4 cm³/mol. The molecule has 2 rings (SSSR count). The number of hydrogen-bond donors (Lipinski definition) is 2. The molecule has 0 spiro atoms. The highest BCUT2D eigenvalue weighted by molar-refractivity contribution is 4.87. The summed E-state index contributed by atoms with van der Waals surface area (Å²) < 4.78 is 5.18. The lowest BCUT2D eigenvalue weighted by atomic mass is 9.86. The van der Waals surface area contributed by atoms with E-state index in [4.69, 9.17) is 4.74 Å². The third-order valence-electron chi connectivity index (χ3n) is 4.11. The van der Waals surface area contributed by atoms with Gasteiger partial charge in [0, 0.05) is 6.54 Å². The van der Waals surface area contributed by atoms with Crippen LogP contribution in [0.5, 0.6) is 0 Å². The van der Waals surface area contributed by atoms with E-state index in [1.807, 2.05) is 0 Å². The predicted octanol–water partition coefficient (Wildman–Crippen LogP) is 1.56.